The van der Waals surface area contributed by atoms with Gasteiger partial charge in [-0.1, -0.05) is 42.8 Å². The van der Waals surface area contributed by atoms with Crippen LogP contribution in [0.1, 0.15) is 31.2 Å². The standard InChI is InChI=1S/C16H20N2OS/c1-2-6-14-12(5-1)9-13(19-14)10-17-15-18-16(11-20-15)7-3-4-8-16/h1-2,5-6,13H,3-4,7-11H2,(H,17,18). The van der Waals surface area contributed by atoms with Gasteiger partial charge in [-0.3, -0.25) is 4.99 Å². The van der Waals surface area contributed by atoms with E-state index in [1.165, 1.54) is 37.0 Å². The van der Waals surface area contributed by atoms with E-state index in [9.17, 15) is 0 Å². The highest BCUT2D eigenvalue weighted by molar-refractivity contribution is 8.14. The molecule has 0 amide bonds. The summed E-state index contributed by atoms with van der Waals surface area (Å²) in [5.74, 6) is 2.23. The lowest BCUT2D eigenvalue weighted by Crippen LogP contribution is -2.40. The van der Waals surface area contributed by atoms with Gasteiger partial charge in [0.25, 0.3) is 0 Å². The van der Waals surface area contributed by atoms with Crippen LogP contribution in [0.3, 0.4) is 0 Å². The minimum Gasteiger partial charge on any atom is -0.488 e. The Kier molecular flexibility index (Phi) is 3.14. The maximum Gasteiger partial charge on any atom is 0.157 e. The van der Waals surface area contributed by atoms with E-state index in [2.05, 4.69) is 23.5 Å². The van der Waals surface area contributed by atoms with Gasteiger partial charge in [0, 0.05) is 17.7 Å². The van der Waals surface area contributed by atoms with Gasteiger partial charge in [-0.05, 0) is 24.5 Å². The van der Waals surface area contributed by atoms with E-state index in [1.807, 2.05) is 17.8 Å². The van der Waals surface area contributed by atoms with Crippen molar-refractivity contribution in [1.29, 1.82) is 0 Å². The summed E-state index contributed by atoms with van der Waals surface area (Å²) in [7, 11) is 0. The molecule has 4 heteroatoms. The van der Waals surface area contributed by atoms with Gasteiger partial charge in [-0.15, -0.1) is 0 Å². The third kappa shape index (κ3) is 2.30. The smallest absolute Gasteiger partial charge is 0.157 e. The second-order valence-corrected chi connectivity index (χ2v) is 7.06. The molecule has 0 bridgehead atoms. The Bertz CT molecular complexity index is 512. The molecule has 2 heterocycles. The summed E-state index contributed by atoms with van der Waals surface area (Å²) in [4.78, 5) is 4.75. The third-order valence-electron chi connectivity index (χ3n) is 4.57. The van der Waals surface area contributed by atoms with Crippen LogP contribution in [-0.4, -0.2) is 29.1 Å². The molecule has 3 aliphatic rings. The van der Waals surface area contributed by atoms with Crippen LogP contribution >= 0.6 is 11.8 Å². The number of ether oxygens (including phenoxy) is 1. The first kappa shape index (κ1) is 12.6. The van der Waals surface area contributed by atoms with Crippen molar-refractivity contribution in [2.75, 3.05) is 12.3 Å². The molecular weight excluding hydrogens is 268 g/mol. The number of aliphatic imine (C=N–C) groups is 1. The molecule has 1 unspecified atom stereocenters. The molecule has 1 aliphatic carbocycles. The van der Waals surface area contributed by atoms with Gasteiger partial charge >= 0.3 is 0 Å². The minimum atomic E-state index is 0.211. The van der Waals surface area contributed by atoms with Crippen LogP contribution in [-0.2, 0) is 6.42 Å². The number of thioether (sulfide) groups is 1. The SMILES string of the molecule is c1ccc2c(c1)CC(CN=C1NC3(CCCC3)CS1)O2. The molecule has 1 saturated heterocycles. The number of fused-ring (bicyclic) bond motifs is 1. The molecule has 1 atom stereocenters. The van der Waals surface area contributed by atoms with Gasteiger partial charge in [-0.25, -0.2) is 0 Å². The first-order valence-corrected chi connectivity index (χ1v) is 8.52. The van der Waals surface area contributed by atoms with Crippen molar-refractivity contribution in [3.8, 4) is 5.75 Å². The Morgan fingerprint density at radius 3 is 3.00 bits per heavy atom. The second kappa shape index (κ2) is 4.99. The summed E-state index contributed by atoms with van der Waals surface area (Å²) in [6.07, 6.45) is 6.55. The van der Waals surface area contributed by atoms with Crippen LogP contribution in [0.25, 0.3) is 0 Å². The molecule has 4 rings (SSSR count). The van der Waals surface area contributed by atoms with Crippen LogP contribution < -0.4 is 10.1 Å². The van der Waals surface area contributed by atoms with Crippen molar-refractivity contribution < 1.29 is 4.74 Å². The molecule has 2 fully saturated rings. The quantitative estimate of drug-likeness (QED) is 0.908. The van der Waals surface area contributed by atoms with Crippen LogP contribution in [0, 0.1) is 0 Å². The molecule has 1 aromatic rings. The van der Waals surface area contributed by atoms with Gasteiger partial charge in [0.05, 0.1) is 6.54 Å². The van der Waals surface area contributed by atoms with Gasteiger partial charge in [0.2, 0.25) is 0 Å². The van der Waals surface area contributed by atoms with E-state index >= 15 is 0 Å². The van der Waals surface area contributed by atoms with E-state index in [1.54, 1.807) is 0 Å². The highest BCUT2D eigenvalue weighted by atomic mass is 32.2. The summed E-state index contributed by atoms with van der Waals surface area (Å²) < 4.78 is 5.94. The van der Waals surface area contributed by atoms with E-state index in [0.29, 0.717) is 5.54 Å². The molecule has 1 N–H and O–H groups in total. The number of para-hydroxylation sites is 1. The van der Waals surface area contributed by atoms with Crippen molar-refractivity contribution in [2.24, 2.45) is 4.99 Å². The van der Waals surface area contributed by atoms with Crippen LogP contribution in [0.2, 0.25) is 0 Å². The fraction of sp³-hybridized carbons (Fsp3) is 0.562. The van der Waals surface area contributed by atoms with Crippen molar-refractivity contribution in [3.05, 3.63) is 29.8 Å². The molecule has 1 aromatic carbocycles. The first-order chi connectivity index (χ1) is 9.83. The number of nitrogens with one attached hydrogen (secondary N) is 1. The average molecular weight is 288 g/mol. The third-order valence-corrected chi connectivity index (χ3v) is 5.77. The van der Waals surface area contributed by atoms with E-state index in [-0.39, 0.29) is 6.10 Å². The zero-order valence-electron chi connectivity index (χ0n) is 11.6. The number of hydrogen-bond acceptors (Lipinski definition) is 3. The van der Waals surface area contributed by atoms with Gasteiger partial charge < -0.3 is 10.1 Å². The lowest BCUT2D eigenvalue weighted by molar-refractivity contribution is 0.242. The minimum absolute atomic E-state index is 0.211. The van der Waals surface area contributed by atoms with Crippen LogP contribution in [0.15, 0.2) is 29.3 Å². The lowest BCUT2D eigenvalue weighted by atomic mass is 10.0. The van der Waals surface area contributed by atoms with Crippen molar-refractivity contribution in [2.45, 2.75) is 43.7 Å². The number of rotatable bonds is 2. The molecule has 1 spiro atoms. The Balaban J connectivity index is 1.37. The summed E-state index contributed by atoms with van der Waals surface area (Å²) in [5.41, 5.74) is 1.68. The Hall–Kier alpha value is -1.16. The fourth-order valence-electron chi connectivity index (χ4n) is 3.45. The molecule has 2 aliphatic heterocycles. The Morgan fingerprint density at radius 2 is 2.15 bits per heavy atom. The molecule has 106 valence electrons. The van der Waals surface area contributed by atoms with Gasteiger partial charge in [-0.2, -0.15) is 0 Å². The van der Waals surface area contributed by atoms with Crippen LogP contribution in [0.5, 0.6) is 5.75 Å². The monoisotopic (exact) mass is 288 g/mol. The predicted molar refractivity (Wildman–Crippen MR) is 83.7 cm³/mol. The number of amidine groups is 1. The maximum absolute atomic E-state index is 5.94. The summed E-state index contributed by atoms with van der Waals surface area (Å²) in [6.45, 7) is 0.764. The average Bonchev–Trinajstić information content (AvgIpc) is 3.18. The van der Waals surface area contributed by atoms with E-state index in [4.69, 9.17) is 9.73 Å². The zero-order chi connectivity index (χ0) is 13.4. The molecular formula is C16H20N2OS. The second-order valence-electron chi connectivity index (χ2n) is 6.10. The molecule has 3 nitrogen and oxygen atoms in total. The topological polar surface area (TPSA) is 33.6 Å². The molecule has 20 heavy (non-hydrogen) atoms. The summed E-state index contributed by atoms with van der Waals surface area (Å²) in [6, 6.07) is 8.32. The zero-order valence-corrected chi connectivity index (χ0v) is 12.4. The maximum atomic E-state index is 5.94. The lowest BCUT2D eigenvalue weighted by Gasteiger charge is -2.21. The summed E-state index contributed by atoms with van der Waals surface area (Å²) >= 11 is 1.89. The Morgan fingerprint density at radius 1 is 1.30 bits per heavy atom. The highest BCUT2D eigenvalue weighted by Crippen LogP contribution is 2.37. The fourth-order valence-corrected chi connectivity index (χ4v) is 4.68. The van der Waals surface area contributed by atoms with Crippen LogP contribution in [0.4, 0.5) is 0 Å². The van der Waals surface area contributed by atoms with Crippen molar-refractivity contribution in [3.63, 3.8) is 0 Å². The van der Waals surface area contributed by atoms with Crippen molar-refractivity contribution >= 4 is 16.9 Å². The highest BCUT2D eigenvalue weighted by Gasteiger charge is 2.39. The largest absolute Gasteiger partial charge is 0.488 e. The Labute approximate surface area is 124 Å². The van der Waals surface area contributed by atoms with Gasteiger partial charge in [0.15, 0.2) is 5.17 Å². The van der Waals surface area contributed by atoms with Gasteiger partial charge in [0.1, 0.15) is 11.9 Å². The van der Waals surface area contributed by atoms with E-state index < -0.39 is 0 Å². The predicted octanol–water partition coefficient (Wildman–Crippen LogP) is 3.00. The number of benzene rings is 1. The normalized spacial score (nSPS) is 28.6. The van der Waals surface area contributed by atoms with Crippen molar-refractivity contribution in [1.82, 2.24) is 5.32 Å². The molecule has 1 saturated carbocycles. The van der Waals surface area contributed by atoms with E-state index in [0.717, 1.165) is 23.9 Å². The molecule has 0 radical (unpaired) electrons. The number of nitrogens with zero attached hydrogens (tertiary/aromatic N) is 1. The summed E-state index contributed by atoms with van der Waals surface area (Å²) in [5, 5.41) is 4.80. The molecule has 0 aromatic heterocycles. The number of hydrogen-bond donors (Lipinski definition) is 1. The first-order valence-electron chi connectivity index (χ1n) is 7.53.